The lowest BCUT2D eigenvalue weighted by Crippen LogP contribution is -2.33. The second-order valence-electron chi connectivity index (χ2n) is 10.2. The lowest BCUT2D eigenvalue weighted by atomic mass is 9.97. The fourth-order valence-corrected chi connectivity index (χ4v) is 5.05. The molecule has 0 unspecified atom stereocenters. The maximum Gasteiger partial charge on any atom is 0.269 e. The number of aromatic nitrogens is 4. The first-order valence-electron chi connectivity index (χ1n) is 12.1. The molecule has 2 heterocycles. The second-order valence-corrected chi connectivity index (χ2v) is 11.5. The lowest BCUT2D eigenvalue weighted by molar-refractivity contribution is 0.0939. The first-order valence-corrected chi connectivity index (χ1v) is 13.2. The molecule has 192 valence electrons. The fourth-order valence-electron chi connectivity index (χ4n) is 4.43. The van der Waals surface area contributed by atoms with Crippen molar-refractivity contribution in [3.05, 3.63) is 69.0 Å². The molecule has 0 bridgehead atoms. The molecule has 37 heavy (non-hydrogen) atoms. The average molecular weight is 559 g/mol. The van der Waals surface area contributed by atoms with Gasteiger partial charge in [0.15, 0.2) is 5.69 Å². The Labute approximate surface area is 230 Å². The van der Waals surface area contributed by atoms with Crippen LogP contribution >= 0.6 is 34.8 Å². The number of benzene rings is 2. The van der Waals surface area contributed by atoms with Gasteiger partial charge >= 0.3 is 0 Å². The summed E-state index contributed by atoms with van der Waals surface area (Å²) in [5.74, 6) is 0.330. The van der Waals surface area contributed by atoms with Crippen LogP contribution in [0.2, 0.25) is 15.1 Å². The summed E-state index contributed by atoms with van der Waals surface area (Å²) in [5, 5.41) is 18.0. The van der Waals surface area contributed by atoms with Crippen molar-refractivity contribution in [2.75, 3.05) is 0 Å². The lowest BCUT2D eigenvalue weighted by Gasteiger charge is -2.14. The summed E-state index contributed by atoms with van der Waals surface area (Å²) in [4.78, 5) is 13.9. The van der Waals surface area contributed by atoms with Crippen LogP contribution in [-0.4, -0.2) is 31.9 Å². The summed E-state index contributed by atoms with van der Waals surface area (Å²) >= 11 is 19.0. The maximum absolute atomic E-state index is 13.9. The number of carbonyl (C=O) groups is 1. The third kappa shape index (κ3) is 5.26. The molecule has 4 aromatic rings. The van der Waals surface area contributed by atoms with Gasteiger partial charge in [-0.15, -0.1) is 10.2 Å². The highest BCUT2D eigenvalue weighted by atomic mass is 35.5. The molecule has 2 aromatic carbocycles. The smallest absolute Gasteiger partial charge is 0.269 e. The molecule has 0 atom stereocenters. The molecule has 5 rings (SSSR count). The minimum Gasteiger partial charge on any atom is -0.419 e. The van der Waals surface area contributed by atoms with E-state index >= 15 is 0 Å². The van der Waals surface area contributed by atoms with E-state index in [-0.39, 0.29) is 28.9 Å². The van der Waals surface area contributed by atoms with Crippen molar-refractivity contribution < 1.29 is 9.21 Å². The maximum atomic E-state index is 13.9. The predicted octanol–water partition coefficient (Wildman–Crippen LogP) is 7.52. The largest absolute Gasteiger partial charge is 0.419 e. The van der Waals surface area contributed by atoms with E-state index in [2.05, 4.69) is 15.5 Å². The summed E-state index contributed by atoms with van der Waals surface area (Å²) in [7, 11) is 0. The first kappa shape index (κ1) is 25.8. The second kappa shape index (κ2) is 10.1. The Morgan fingerprint density at radius 3 is 2.30 bits per heavy atom. The highest BCUT2D eigenvalue weighted by Gasteiger charge is 2.33. The normalized spacial score (nSPS) is 14.3. The van der Waals surface area contributed by atoms with Crippen LogP contribution in [0.5, 0.6) is 0 Å². The Hall–Kier alpha value is -2.87. The topological polar surface area (TPSA) is 85.8 Å². The van der Waals surface area contributed by atoms with E-state index in [1.54, 1.807) is 35.0 Å². The molecule has 7 nitrogen and oxygen atoms in total. The molecule has 1 aliphatic rings. The Kier molecular flexibility index (Phi) is 7.05. The molecule has 1 fully saturated rings. The minimum absolute atomic E-state index is 0.0914. The standard InChI is InChI=1S/C27H26Cl3N5O2/c1-27(2,3)26-33-32-25(37-26)22-21(24(36)31-18-6-4-5-7-18)23(15-8-10-16(28)11-9-15)35(34-22)20-13-12-17(29)14-19(20)30/h8-14,18H,4-7H2,1-3H3,(H,31,36). The first-order chi connectivity index (χ1) is 17.6. The predicted molar refractivity (Wildman–Crippen MR) is 146 cm³/mol. The van der Waals surface area contributed by atoms with Gasteiger partial charge in [-0.05, 0) is 43.2 Å². The zero-order valence-corrected chi connectivity index (χ0v) is 23.0. The molecular formula is C27H26Cl3N5O2. The van der Waals surface area contributed by atoms with E-state index in [9.17, 15) is 4.79 Å². The Bertz CT molecular complexity index is 1450. The molecule has 0 radical (unpaired) electrons. The number of nitrogens with zero attached hydrogens (tertiary/aromatic N) is 4. The molecule has 1 amide bonds. The van der Waals surface area contributed by atoms with Gasteiger partial charge < -0.3 is 9.73 Å². The third-order valence-corrected chi connectivity index (χ3v) is 7.12. The minimum atomic E-state index is -0.376. The molecule has 1 saturated carbocycles. The molecule has 2 aromatic heterocycles. The van der Waals surface area contributed by atoms with Gasteiger partial charge in [-0.1, -0.05) is 80.5 Å². The SMILES string of the molecule is CC(C)(C)c1nnc(-c2nn(-c3ccc(Cl)cc3Cl)c(-c3ccc(Cl)cc3)c2C(=O)NC2CCCC2)o1. The Morgan fingerprint density at radius 1 is 1.00 bits per heavy atom. The molecular weight excluding hydrogens is 533 g/mol. The monoisotopic (exact) mass is 557 g/mol. The van der Waals surface area contributed by atoms with Crippen LogP contribution in [-0.2, 0) is 5.41 Å². The van der Waals surface area contributed by atoms with Crippen molar-refractivity contribution in [2.24, 2.45) is 0 Å². The number of amides is 1. The van der Waals surface area contributed by atoms with Crippen LogP contribution in [0.4, 0.5) is 0 Å². The molecule has 0 saturated heterocycles. The number of hydrogen-bond acceptors (Lipinski definition) is 5. The van der Waals surface area contributed by atoms with Crippen molar-refractivity contribution in [1.29, 1.82) is 0 Å². The Morgan fingerprint density at radius 2 is 1.68 bits per heavy atom. The van der Waals surface area contributed by atoms with Crippen LogP contribution in [0, 0.1) is 0 Å². The van der Waals surface area contributed by atoms with Crippen molar-refractivity contribution in [3.63, 3.8) is 0 Å². The van der Waals surface area contributed by atoms with E-state index in [0.717, 1.165) is 31.2 Å². The van der Waals surface area contributed by atoms with Gasteiger partial charge in [0, 0.05) is 27.1 Å². The van der Waals surface area contributed by atoms with Crippen molar-refractivity contribution in [1.82, 2.24) is 25.3 Å². The number of nitrogens with one attached hydrogen (secondary N) is 1. The molecule has 10 heteroatoms. The molecule has 0 aliphatic heterocycles. The van der Waals surface area contributed by atoms with Gasteiger partial charge in [0.1, 0.15) is 0 Å². The van der Waals surface area contributed by atoms with E-state index in [0.29, 0.717) is 37.9 Å². The van der Waals surface area contributed by atoms with Crippen LogP contribution in [0.15, 0.2) is 46.9 Å². The third-order valence-electron chi connectivity index (χ3n) is 6.33. The van der Waals surface area contributed by atoms with Gasteiger partial charge in [-0.2, -0.15) is 5.10 Å². The average Bonchev–Trinajstić information content (AvgIpc) is 3.59. The van der Waals surface area contributed by atoms with Crippen molar-refractivity contribution in [3.8, 4) is 28.5 Å². The van der Waals surface area contributed by atoms with E-state index in [1.807, 2.05) is 32.9 Å². The highest BCUT2D eigenvalue weighted by molar-refractivity contribution is 6.35. The molecule has 1 aliphatic carbocycles. The number of carbonyl (C=O) groups excluding carboxylic acids is 1. The summed E-state index contributed by atoms with van der Waals surface area (Å²) in [6.07, 6.45) is 4.03. The van der Waals surface area contributed by atoms with Crippen LogP contribution in [0.1, 0.15) is 62.7 Å². The van der Waals surface area contributed by atoms with Gasteiger partial charge in [0.05, 0.1) is 22.0 Å². The van der Waals surface area contributed by atoms with Crippen molar-refractivity contribution in [2.45, 2.75) is 57.9 Å². The fraction of sp³-hybridized carbons (Fsp3) is 0.333. The molecule has 0 spiro atoms. The zero-order chi connectivity index (χ0) is 26.3. The van der Waals surface area contributed by atoms with Crippen LogP contribution in [0.3, 0.4) is 0 Å². The zero-order valence-electron chi connectivity index (χ0n) is 20.7. The van der Waals surface area contributed by atoms with Crippen LogP contribution < -0.4 is 5.32 Å². The van der Waals surface area contributed by atoms with Gasteiger partial charge in [-0.25, -0.2) is 4.68 Å². The number of halogens is 3. The number of hydrogen-bond donors (Lipinski definition) is 1. The van der Waals surface area contributed by atoms with Crippen LogP contribution in [0.25, 0.3) is 28.5 Å². The van der Waals surface area contributed by atoms with Gasteiger partial charge in [0.25, 0.3) is 11.8 Å². The van der Waals surface area contributed by atoms with E-state index in [4.69, 9.17) is 44.3 Å². The summed E-state index contributed by atoms with van der Waals surface area (Å²) < 4.78 is 7.68. The number of rotatable bonds is 5. The highest BCUT2D eigenvalue weighted by Crippen LogP contribution is 2.37. The molecule has 1 N–H and O–H groups in total. The summed E-state index contributed by atoms with van der Waals surface area (Å²) in [6.45, 7) is 5.93. The quantitative estimate of drug-likeness (QED) is 0.274. The van der Waals surface area contributed by atoms with E-state index < -0.39 is 0 Å². The summed E-state index contributed by atoms with van der Waals surface area (Å²) in [6, 6.07) is 12.4. The Balaban J connectivity index is 1.77. The van der Waals surface area contributed by atoms with Gasteiger partial charge in [0.2, 0.25) is 5.89 Å². The van der Waals surface area contributed by atoms with Gasteiger partial charge in [-0.3, -0.25) is 4.79 Å². The van der Waals surface area contributed by atoms with Crippen molar-refractivity contribution >= 4 is 40.7 Å². The van der Waals surface area contributed by atoms with E-state index in [1.165, 1.54) is 0 Å². The summed E-state index contributed by atoms with van der Waals surface area (Å²) in [5.41, 5.74) is 2.02.